The number of nitrogens with one attached hydrogen (secondary N) is 2. The van der Waals surface area contributed by atoms with E-state index in [-0.39, 0.29) is 28.2 Å². The quantitative estimate of drug-likeness (QED) is 0.529. The van der Waals surface area contributed by atoms with Gasteiger partial charge in [-0.3, -0.25) is 9.52 Å². The molecule has 0 heterocycles. The second kappa shape index (κ2) is 10.5. The lowest BCUT2D eigenvalue weighted by Crippen LogP contribution is -2.29. The molecule has 1 amide bonds. The highest BCUT2D eigenvalue weighted by molar-refractivity contribution is 7.92. The van der Waals surface area contributed by atoms with Crippen LogP contribution in [-0.4, -0.2) is 27.5 Å². The molecule has 0 radical (unpaired) electrons. The molecule has 0 aliphatic heterocycles. The van der Waals surface area contributed by atoms with Crippen LogP contribution in [0.5, 0.6) is 5.75 Å². The van der Waals surface area contributed by atoms with Gasteiger partial charge in [0.25, 0.3) is 15.9 Å². The summed E-state index contributed by atoms with van der Waals surface area (Å²) in [5, 5.41) is 3.35. The molecule has 2 aromatic rings. The number of rotatable bonds is 10. The maximum Gasteiger partial charge on any atom is 0.261 e. The number of hydrogen-bond acceptors (Lipinski definition) is 4. The Morgan fingerprint density at radius 1 is 1.07 bits per heavy atom. The lowest BCUT2D eigenvalue weighted by atomic mass is 10.2. The van der Waals surface area contributed by atoms with Gasteiger partial charge in [0.15, 0.2) is 6.61 Å². The number of carbonyl (C=O) groups is 1. The zero-order valence-electron chi connectivity index (χ0n) is 15.4. The van der Waals surface area contributed by atoms with Crippen molar-refractivity contribution in [2.45, 2.75) is 31.1 Å². The fourth-order valence-corrected chi connectivity index (χ4v) is 3.81. The zero-order valence-corrected chi connectivity index (χ0v) is 17.7. The molecule has 2 rings (SSSR count). The smallest absolute Gasteiger partial charge is 0.261 e. The minimum Gasteiger partial charge on any atom is -0.482 e. The van der Waals surface area contributed by atoms with Crippen molar-refractivity contribution in [3.05, 3.63) is 52.5 Å². The average molecular weight is 445 g/mol. The second-order valence-corrected chi connectivity index (χ2v) is 8.58. The van der Waals surface area contributed by atoms with Crippen LogP contribution in [0.2, 0.25) is 10.0 Å². The van der Waals surface area contributed by atoms with Crippen molar-refractivity contribution in [2.75, 3.05) is 17.9 Å². The molecule has 2 aromatic carbocycles. The number of hydrogen-bond donors (Lipinski definition) is 2. The van der Waals surface area contributed by atoms with Gasteiger partial charge < -0.3 is 10.1 Å². The number of halogens is 2. The Kier molecular flexibility index (Phi) is 8.41. The number of ether oxygens (including phenoxy) is 1. The van der Waals surface area contributed by atoms with Gasteiger partial charge in [-0.1, -0.05) is 43.0 Å². The van der Waals surface area contributed by atoms with Gasteiger partial charge in [-0.05, 0) is 48.9 Å². The maximum absolute atomic E-state index is 12.5. The van der Waals surface area contributed by atoms with Crippen molar-refractivity contribution in [3.63, 3.8) is 0 Å². The average Bonchev–Trinajstić information content (AvgIpc) is 2.66. The van der Waals surface area contributed by atoms with E-state index in [9.17, 15) is 13.2 Å². The molecule has 0 aliphatic rings. The minimum atomic E-state index is -3.83. The molecule has 6 nitrogen and oxygen atoms in total. The van der Waals surface area contributed by atoms with E-state index in [0.29, 0.717) is 17.3 Å². The molecule has 0 unspecified atom stereocenters. The van der Waals surface area contributed by atoms with Crippen LogP contribution in [0.1, 0.15) is 26.2 Å². The van der Waals surface area contributed by atoms with E-state index in [1.165, 1.54) is 18.2 Å². The number of amides is 1. The molecule has 28 heavy (non-hydrogen) atoms. The third-order valence-electron chi connectivity index (χ3n) is 3.77. The fraction of sp³-hybridized carbons (Fsp3) is 0.316. The number of sulfonamides is 1. The van der Waals surface area contributed by atoms with Crippen LogP contribution in [0.25, 0.3) is 0 Å². The van der Waals surface area contributed by atoms with Crippen molar-refractivity contribution >= 4 is 44.8 Å². The number of unbranched alkanes of at least 4 members (excludes halogenated alkanes) is 2. The van der Waals surface area contributed by atoms with Crippen molar-refractivity contribution in [2.24, 2.45) is 0 Å². The van der Waals surface area contributed by atoms with Gasteiger partial charge in [0, 0.05) is 17.3 Å². The van der Waals surface area contributed by atoms with Crippen LogP contribution in [0, 0.1) is 0 Å². The van der Waals surface area contributed by atoms with Gasteiger partial charge in [0.2, 0.25) is 0 Å². The molecule has 0 saturated carbocycles. The van der Waals surface area contributed by atoms with Crippen molar-refractivity contribution in [1.29, 1.82) is 0 Å². The van der Waals surface area contributed by atoms with Crippen molar-refractivity contribution < 1.29 is 17.9 Å². The SMILES string of the molecule is CCCCCNC(=O)COc1ccc(S(=O)(=O)Nc2ccc(Cl)cc2)cc1Cl. The molecule has 0 saturated heterocycles. The zero-order chi connectivity index (χ0) is 20.6. The summed E-state index contributed by atoms with van der Waals surface area (Å²) in [5.74, 6) is -0.0240. The van der Waals surface area contributed by atoms with E-state index in [4.69, 9.17) is 27.9 Å². The number of benzene rings is 2. The third kappa shape index (κ3) is 6.89. The molecule has 0 aliphatic carbocycles. The van der Waals surface area contributed by atoms with Crippen LogP contribution < -0.4 is 14.8 Å². The molecular weight excluding hydrogens is 423 g/mol. The molecular formula is C19H22Cl2N2O4S. The molecule has 9 heteroatoms. The summed E-state index contributed by atoms with van der Waals surface area (Å²) in [5.41, 5.74) is 0.376. The first kappa shape index (κ1) is 22.3. The van der Waals surface area contributed by atoms with Crippen LogP contribution in [0.15, 0.2) is 47.4 Å². The summed E-state index contributed by atoms with van der Waals surface area (Å²) in [6.07, 6.45) is 3.03. The predicted molar refractivity (Wildman–Crippen MR) is 112 cm³/mol. The van der Waals surface area contributed by atoms with Gasteiger partial charge in [0.05, 0.1) is 9.92 Å². The van der Waals surface area contributed by atoms with Crippen LogP contribution in [0.4, 0.5) is 5.69 Å². The van der Waals surface area contributed by atoms with E-state index in [0.717, 1.165) is 19.3 Å². The molecule has 0 spiro atoms. The summed E-state index contributed by atoms with van der Waals surface area (Å²) in [4.78, 5) is 11.7. The first-order valence-electron chi connectivity index (χ1n) is 8.79. The van der Waals surface area contributed by atoms with E-state index in [1.54, 1.807) is 24.3 Å². The van der Waals surface area contributed by atoms with Gasteiger partial charge in [-0.2, -0.15) is 0 Å². The van der Waals surface area contributed by atoms with Crippen molar-refractivity contribution in [1.82, 2.24) is 5.32 Å². The Balaban J connectivity index is 1.97. The van der Waals surface area contributed by atoms with Gasteiger partial charge in [-0.15, -0.1) is 0 Å². The molecule has 152 valence electrons. The monoisotopic (exact) mass is 444 g/mol. The Morgan fingerprint density at radius 3 is 2.43 bits per heavy atom. The number of anilines is 1. The highest BCUT2D eigenvalue weighted by atomic mass is 35.5. The fourth-order valence-electron chi connectivity index (χ4n) is 2.29. The lowest BCUT2D eigenvalue weighted by Gasteiger charge is -2.11. The summed E-state index contributed by atoms with van der Waals surface area (Å²) in [7, 11) is -3.83. The van der Waals surface area contributed by atoms with E-state index < -0.39 is 10.0 Å². The second-order valence-electron chi connectivity index (χ2n) is 6.05. The Hall–Kier alpha value is -1.96. The molecule has 0 fully saturated rings. The molecule has 2 N–H and O–H groups in total. The first-order valence-corrected chi connectivity index (χ1v) is 11.0. The van der Waals surface area contributed by atoms with E-state index in [1.807, 2.05) is 0 Å². The Morgan fingerprint density at radius 2 is 1.79 bits per heavy atom. The molecule has 0 aromatic heterocycles. The van der Waals surface area contributed by atoms with Crippen LogP contribution in [-0.2, 0) is 14.8 Å². The summed E-state index contributed by atoms with van der Waals surface area (Å²) >= 11 is 11.9. The topological polar surface area (TPSA) is 84.5 Å². The van der Waals surface area contributed by atoms with Crippen molar-refractivity contribution in [3.8, 4) is 5.75 Å². The van der Waals surface area contributed by atoms with Gasteiger partial charge in [0.1, 0.15) is 5.75 Å². The highest BCUT2D eigenvalue weighted by Crippen LogP contribution is 2.28. The first-order chi connectivity index (χ1) is 13.3. The standard InChI is InChI=1S/C19H22Cl2N2O4S/c1-2-3-4-11-22-19(24)13-27-18-10-9-16(12-17(18)21)28(25,26)23-15-7-5-14(20)6-8-15/h5-10,12,23H,2-4,11,13H2,1H3,(H,22,24). The Labute approximate surface area is 175 Å². The highest BCUT2D eigenvalue weighted by Gasteiger charge is 2.17. The lowest BCUT2D eigenvalue weighted by molar-refractivity contribution is -0.123. The summed E-state index contributed by atoms with van der Waals surface area (Å²) in [6.45, 7) is 2.49. The third-order valence-corrected chi connectivity index (χ3v) is 5.70. The summed E-state index contributed by atoms with van der Waals surface area (Å²) in [6, 6.07) is 10.3. The normalized spacial score (nSPS) is 11.1. The summed E-state index contributed by atoms with van der Waals surface area (Å²) < 4.78 is 32.8. The van der Waals surface area contributed by atoms with Gasteiger partial charge in [-0.25, -0.2) is 8.42 Å². The van der Waals surface area contributed by atoms with Crippen LogP contribution in [0.3, 0.4) is 0 Å². The van der Waals surface area contributed by atoms with Crippen LogP contribution >= 0.6 is 23.2 Å². The molecule has 0 atom stereocenters. The van der Waals surface area contributed by atoms with Gasteiger partial charge >= 0.3 is 0 Å². The number of carbonyl (C=O) groups excluding carboxylic acids is 1. The van der Waals surface area contributed by atoms with E-state index in [2.05, 4.69) is 17.0 Å². The predicted octanol–water partition coefficient (Wildman–Crippen LogP) is 4.48. The largest absolute Gasteiger partial charge is 0.482 e. The minimum absolute atomic E-state index is 0.0242. The van der Waals surface area contributed by atoms with E-state index >= 15 is 0 Å². The molecule has 0 bridgehead atoms. The Bertz CT molecular complexity index is 903. The maximum atomic E-state index is 12.5.